The van der Waals surface area contributed by atoms with Crippen molar-refractivity contribution in [1.82, 2.24) is 21.7 Å². The highest BCUT2D eigenvalue weighted by Crippen LogP contribution is 2.32. The number of amidine groups is 1. The fourth-order valence-corrected chi connectivity index (χ4v) is 5.02. The first-order valence-corrected chi connectivity index (χ1v) is 17.0. The molecule has 322 valence electrons. The summed E-state index contributed by atoms with van der Waals surface area (Å²) in [5, 5.41) is 47.8. The van der Waals surface area contributed by atoms with Crippen LogP contribution in [0.5, 0.6) is 0 Å². The zero-order valence-corrected chi connectivity index (χ0v) is 36.0. The lowest BCUT2D eigenvalue weighted by molar-refractivity contribution is -0.118. The average molecular weight is 891 g/mol. The average Bonchev–Trinajstić information content (AvgIpc) is 3.10. The Morgan fingerprint density at radius 1 is 0.500 bits per heavy atom. The van der Waals surface area contributed by atoms with Crippen molar-refractivity contribution >= 4 is 120 Å². The zero-order chi connectivity index (χ0) is 40.4. The molecule has 0 radical (unpaired) electrons. The molecular weight excluding hydrogens is 834 g/mol. The summed E-state index contributed by atoms with van der Waals surface area (Å²) in [5.74, 6) is -1.61. The van der Waals surface area contributed by atoms with Gasteiger partial charge < -0.3 is 28.7 Å². The molecule has 0 unspecified atom stereocenters. The molecule has 0 saturated heterocycles. The van der Waals surface area contributed by atoms with Crippen LogP contribution in [0, 0.1) is 21.6 Å². The number of nitrogens with zero attached hydrogens (tertiary/aromatic N) is 5. The maximum atomic E-state index is 12.9. The Kier molecular flexibility index (Phi) is 28.0. The van der Waals surface area contributed by atoms with Crippen LogP contribution in [0.25, 0.3) is 0 Å². The van der Waals surface area contributed by atoms with Crippen LogP contribution >= 0.6 is 49.6 Å². The largest absolute Gasteiger partial charge is 0.370 e. The third-order valence-corrected chi connectivity index (χ3v) is 7.68. The molecule has 0 aliphatic carbocycles. The van der Waals surface area contributed by atoms with Crippen LogP contribution in [-0.4, -0.2) is 58.5 Å². The van der Waals surface area contributed by atoms with E-state index < -0.39 is 5.96 Å². The molecule has 20 nitrogen and oxygen atoms in total. The molecular formula is C34H56Cl4N18O2. The van der Waals surface area contributed by atoms with Crippen LogP contribution in [0.2, 0.25) is 0 Å². The summed E-state index contributed by atoms with van der Waals surface area (Å²) in [6, 6.07) is 10.6. The quantitative estimate of drug-likeness (QED) is 0.0317. The molecule has 0 aliphatic rings. The number of rotatable bonds is 19. The summed E-state index contributed by atoms with van der Waals surface area (Å²) in [6.45, 7) is 6.57. The Bertz CT molecular complexity index is 1820. The molecule has 58 heavy (non-hydrogen) atoms. The minimum Gasteiger partial charge on any atom is -0.370 e. The highest BCUT2D eigenvalue weighted by molar-refractivity contribution is 6.11. The molecule has 0 saturated carbocycles. The van der Waals surface area contributed by atoms with Crippen molar-refractivity contribution in [3.8, 4) is 0 Å². The van der Waals surface area contributed by atoms with Crippen molar-refractivity contribution in [3.63, 3.8) is 0 Å². The fraction of sp³-hybridized carbons (Fsp3) is 0.353. The molecule has 0 aromatic heterocycles. The number of nitrogens with two attached hydrogens (primary N) is 5. The molecule has 2 rings (SSSR count). The van der Waals surface area contributed by atoms with Gasteiger partial charge in [-0.3, -0.25) is 36.1 Å². The smallest absolute Gasteiger partial charge is 0.217 e. The van der Waals surface area contributed by atoms with Crippen molar-refractivity contribution in [2.45, 2.75) is 79.1 Å². The number of guanidine groups is 4. The number of benzene rings is 2. The molecule has 0 atom stereocenters. The molecule has 18 N–H and O–H groups in total. The number of Topliss-reactive ketones (excluding diaryl/α,β-unsaturated/α-hetero) is 1. The normalized spacial score (nSPS) is 11.2. The first-order valence-electron chi connectivity index (χ1n) is 17.0. The van der Waals surface area contributed by atoms with Crippen molar-refractivity contribution < 1.29 is 9.59 Å². The van der Waals surface area contributed by atoms with Gasteiger partial charge >= 0.3 is 0 Å². The van der Waals surface area contributed by atoms with Gasteiger partial charge in [0.05, 0.1) is 17.1 Å². The number of unbranched alkanes of at least 4 members (excludes halogenated alkanes) is 5. The van der Waals surface area contributed by atoms with Crippen molar-refractivity contribution in [2.75, 3.05) is 4.90 Å². The molecule has 0 spiro atoms. The number of carbonyl (C=O) groups is 2. The van der Waals surface area contributed by atoms with Gasteiger partial charge in [-0.1, -0.05) is 25.7 Å². The van der Waals surface area contributed by atoms with Gasteiger partial charge in [0, 0.05) is 46.5 Å². The summed E-state index contributed by atoms with van der Waals surface area (Å²) in [4.78, 5) is 25.9. The standard InChI is InChI=1S/C34H52N18O2.4ClH/c1-19(44-48-31(36)37)23-13-24(20(2)45-49-32(38)39)16-27(15-23)52(28-17-25(14-26(18-28)22(4)53)21(3)46-50-33(40)41)30(47-51-34(42)43)12-10-8-6-5-7-9-11-29(35)54;;;;/h13-18H,5-12H2,1-4H3,(H2,35,54)(H4,36,37,48)(H4,38,39,49)(H4,40,41,50)(H4,42,43,51);4*1H. The van der Waals surface area contributed by atoms with Crippen molar-refractivity contribution in [1.29, 1.82) is 21.6 Å². The van der Waals surface area contributed by atoms with Gasteiger partial charge in [0.1, 0.15) is 5.84 Å². The van der Waals surface area contributed by atoms with Gasteiger partial charge in [0.25, 0.3) is 0 Å². The van der Waals surface area contributed by atoms with Gasteiger partial charge in [-0.2, -0.15) is 20.4 Å². The van der Waals surface area contributed by atoms with E-state index in [1.165, 1.54) is 6.92 Å². The number of hydrogen-bond acceptors (Lipinski definition) is 10. The SMILES string of the molecule is CC(=O)c1cc(C(C)=NNC(=N)N)cc(N(C(CCCCCCCCC(N)=O)=NNC(=N)N)c2cc(C(C)=NNC(=N)N)cc(C(C)=NNC(=N)N)c2)c1.Cl.Cl.Cl.Cl. The van der Waals surface area contributed by atoms with E-state index in [0.717, 1.165) is 32.1 Å². The minimum absolute atomic E-state index is 0. The number of hydrazone groups is 4. The maximum Gasteiger partial charge on any atom is 0.217 e. The second kappa shape index (κ2) is 28.7. The maximum absolute atomic E-state index is 12.9. The molecule has 2 aromatic carbocycles. The van der Waals surface area contributed by atoms with Crippen LogP contribution in [0.4, 0.5) is 11.4 Å². The van der Waals surface area contributed by atoms with Gasteiger partial charge in [0.15, 0.2) is 5.78 Å². The van der Waals surface area contributed by atoms with E-state index in [9.17, 15) is 9.59 Å². The summed E-state index contributed by atoms with van der Waals surface area (Å²) in [5.41, 5.74) is 41.8. The number of halogens is 4. The third kappa shape index (κ3) is 20.5. The number of hydrogen-bond donors (Lipinski definition) is 13. The molecule has 0 heterocycles. The molecule has 24 heteroatoms. The predicted octanol–water partition coefficient (Wildman–Crippen LogP) is 3.74. The van der Waals surface area contributed by atoms with E-state index in [1.54, 1.807) is 49.9 Å². The van der Waals surface area contributed by atoms with Gasteiger partial charge in [-0.15, -0.1) is 49.6 Å². The van der Waals surface area contributed by atoms with Crippen LogP contribution in [-0.2, 0) is 4.79 Å². The summed E-state index contributed by atoms with van der Waals surface area (Å²) < 4.78 is 0. The lowest BCUT2D eigenvalue weighted by atomic mass is 9.99. The highest BCUT2D eigenvalue weighted by atomic mass is 35.5. The first kappa shape index (κ1) is 56.6. The van der Waals surface area contributed by atoms with Gasteiger partial charge in [-0.05, 0) is 76.9 Å². The van der Waals surface area contributed by atoms with E-state index in [4.69, 9.17) is 50.3 Å². The van der Waals surface area contributed by atoms with Gasteiger partial charge in [-0.25, -0.2) is 21.7 Å². The first-order chi connectivity index (χ1) is 25.5. The number of carbonyl (C=O) groups excluding carboxylic acids is 2. The Balaban J connectivity index is -0.00000756. The number of primary amides is 1. The van der Waals surface area contributed by atoms with E-state index in [-0.39, 0.29) is 79.2 Å². The molecule has 0 aliphatic heterocycles. The molecule has 0 fully saturated rings. The lowest BCUT2D eigenvalue weighted by Gasteiger charge is -2.29. The van der Waals surface area contributed by atoms with Crippen LogP contribution in [0.1, 0.15) is 106 Å². The monoisotopic (exact) mass is 888 g/mol. The van der Waals surface area contributed by atoms with E-state index in [1.807, 2.05) is 12.1 Å². The second-order valence-electron chi connectivity index (χ2n) is 12.2. The molecule has 2 aromatic rings. The number of anilines is 2. The number of ketones is 1. The van der Waals surface area contributed by atoms with Crippen molar-refractivity contribution in [3.05, 3.63) is 58.7 Å². The number of nitrogens with one attached hydrogen (secondary N) is 8. The summed E-state index contributed by atoms with van der Waals surface area (Å²) >= 11 is 0. The van der Waals surface area contributed by atoms with E-state index in [0.29, 0.717) is 75.9 Å². The van der Waals surface area contributed by atoms with Crippen LogP contribution in [0.3, 0.4) is 0 Å². The Morgan fingerprint density at radius 3 is 1.16 bits per heavy atom. The van der Waals surface area contributed by atoms with Gasteiger partial charge in [0.2, 0.25) is 29.7 Å². The number of amides is 1. The third-order valence-electron chi connectivity index (χ3n) is 7.68. The van der Waals surface area contributed by atoms with E-state index in [2.05, 4.69) is 42.1 Å². The van der Waals surface area contributed by atoms with Crippen LogP contribution < -0.4 is 55.3 Å². The minimum atomic E-state index is -0.399. The Hall–Kier alpha value is -5.70. The second-order valence-corrected chi connectivity index (χ2v) is 12.2. The predicted molar refractivity (Wildman–Crippen MR) is 244 cm³/mol. The lowest BCUT2D eigenvalue weighted by Crippen LogP contribution is -2.33. The Labute approximate surface area is 362 Å². The van der Waals surface area contributed by atoms with Crippen molar-refractivity contribution in [2.24, 2.45) is 49.1 Å². The summed E-state index contributed by atoms with van der Waals surface area (Å²) in [6.07, 6.45) is 5.64. The summed E-state index contributed by atoms with van der Waals surface area (Å²) in [7, 11) is 0. The zero-order valence-electron chi connectivity index (χ0n) is 32.7. The fourth-order valence-electron chi connectivity index (χ4n) is 5.02. The topological polar surface area (TPSA) is 360 Å². The van der Waals surface area contributed by atoms with E-state index >= 15 is 0 Å². The molecule has 1 amide bonds. The Morgan fingerprint density at radius 2 is 0.810 bits per heavy atom. The molecule has 0 bridgehead atoms. The highest BCUT2D eigenvalue weighted by Gasteiger charge is 2.22. The van der Waals surface area contributed by atoms with Crippen LogP contribution in [0.15, 0.2) is 56.8 Å².